The Morgan fingerprint density at radius 2 is 1.88 bits per heavy atom. The molecule has 3 aromatic rings. The van der Waals surface area contributed by atoms with Gasteiger partial charge in [-0.1, -0.05) is 28.9 Å². The Hall–Kier alpha value is -2.86. The number of esters is 1. The van der Waals surface area contributed by atoms with Gasteiger partial charge in [0.2, 0.25) is 0 Å². The van der Waals surface area contributed by atoms with Crippen LogP contribution in [0, 0.1) is 0 Å². The minimum atomic E-state index is -0.555. The van der Waals surface area contributed by atoms with Gasteiger partial charge in [-0.3, -0.25) is 9.59 Å². The largest absolute Gasteiger partial charge is 0.455 e. The molecule has 0 spiro atoms. The van der Waals surface area contributed by atoms with Gasteiger partial charge in [0.1, 0.15) is 5.69 Å². The number of halogens is 1. The van der Waals surface area contributed by atoms with Gasteiger partial charge in [-0.25, -0.2) is 0 Å². The zero-order valence-electron chi connectivity index (χ0n) is 12.5. The average molecular weight is 345 g/mol. The molecule has 0 saturated heterocycles. The maximum absolute atomic E-state index is 11.9. The number of benzene rings is 2. The van der Waals surface area contributed by atoms with E-state index in [0.29, 0.717) is 22.0 Å². The fourth-order valence-corrected chi connectivity index (χ4v) is 2.26. The Balaban J connectivity index is 1.52. The van der Waals surface area contributed by atoms with Crippen molar-refractivity contribution in [3.8, 4) is 0 Å². The van der Waals surface area contributed by atoms with Crippen LogP contribution in [0.1, 0.15) is 5.69 Å². The quantitative estimate of drug-likeness (QED) is 0.719. The van der Waals surface area contributed by atoms with Crippen molar-refractivity contribution in [3.63, 3.8) is 0 Å². The summed E-state index contributed by atoms with van der Waals surface area (Å²) in [6, 6.07) is 13.8. The van der Waals surface area contributed by atoms with Crippen LogP contribution in [0.25, 0.3) is 11.0 Å². The fourth-order valence-electron chi connectivity index (χ4n) is 2.13. The number of amides is 1. The standard InChI is InChI=1S/C17H13ClN2O4/c18-11-5-7-12(8-6-11)19-16(21)10-23-17(22)9-14-13-3-1-2-4-15(13)24-20-14/h1-8H,9-10H2,(H,19,21). The molecule has 1 heterocycles. The number of hydrogen-bond acceptors (Lipinski definition) is 5. The molecule has 3 rings (SSSR count). The molecule has 0 aliphatic rings. The Morgan fingerprint density at radius 3 is 2.67 bits per heavy atom. The van der Waals surface area contributed by atoms with Gasteiger partial charge in [0, 0.05) is 16.1 Å². The summed E-state index contributed by atoms with van der Waals surface area (Å²) < 4.78 is 10.1. The summed E-state index contributed by atoms with van der Waals surface area (Å²) in [6.07, 6.45) is -0.0642. The molecule has 0 radical (unpaired) electrons. The highest BCUT2D eigenvalue weighted by Gasteiger charge is 2.14. The second kappa shape index (κ2) is 7.14. The maximum atomic E-state index is 11.9. The summed E-state index contributed by atoms with van der Waals surface area (Å²) in [5.41, 5.74) is 1.65. The van der Waals surface area contributed by atoms with Crippen molar-refractivity contribution in [1.82, 2.24) is 5.16 Å². The lowest BCUT2D eigenvalue weighted by molar-refractivity contribution is -0.146. The van der Waals surface area contributed by atoms with Crippen LogP contribution in [0.4, 0.5) is 5.69 Å². The molecular formula is C17H13ClN2O4. The topological polar surface area (TPSA) is 81.4 Å². The molecule has 0 aliphatic heterocycles. The molecule has 0 saturated carbocycles. The van der Waals surface area contributed by atoms with Gasteiger partial charge < -0.3 is 14.6 Å². The Morgan fingerprint density at radius 1 is 1.12 bits per heavy atom. The van der Waals surface area contributed by atoms with Crippen molar-refractivity contribution in [2.75, 3.05) is 11.9 Å². The summed E-state index contributed by atoms with van der Waals surface area (Å²) >= 11 is 5.76. The number of nitrogens with zero attached hydrogens (tertiary/aromatic N) is 1. The number of aromatic nitrogens is 1. The van der Waals surface area contributed by atoms with Crippen LogP contribution in [0.5, 0.6) is 0 Å². The SMILES string of the molecule is O=C(COC(=O)Cc1noc2ccccc12)Nc1ccc(Cl)cc1. The molecule has 1 N–H and O–H groups in total. The number of hydrogen-bond donors (Lipinski definition) is 1. The van der Waals surface area contributed by atoms with E-state index in [0.717, 1.165) is 5.39 Å². The third-order valence-corrected chi connectivity index (χ3v) is 3.51. The number of ether oxygens (including phenoxy) is 1. The highest BCUT2D eigenvalue weighted by atomic mass is 35.5. The molecule has 0 unspecified atom stereocenters. The van der Waals surface area contributed by atoms with Gasteiger partial charge in [0.25, 0.3) is 5.91 Å². The summed E-state index contributed by atoms with van der Waals surface area (Å²) in [4.78, 5) is 23.6. The average Bonchev–Trinajstić information content (AvgIpc) is 2.98. The Labute approximate surface area is 142 Å². The third kappa shape index (κ3) is 3.91. The molecule has 6 nitrogen and oxygen atoms in total. The number of nitrogens with one attached hydrogen (secondary N) is 1. The first-order chi connectivity index (χ1) is 11.6. The van der Waals surface area contributed by atoms with E-state index in [-0.39, 0.29) is 13.0 Å². The highest BCUT2D eigenvalue weighted by molar-refractivity contribution is 6.30. The van der Waals surface area contributed by atoms with E-state index >= 15 is 0 Å². The lowest BCUT2D eigenvalue weighted by Crippen LogP contribution is -2.21. The van der Waals surface area contributed by atoms with E-state index in [1.807, 2.05) is 18.2 Å². The number of anilines is 1. The van der Waals surface area contributed by atoms with Crippen LogP contribution in [0.15, 0.2) is 53.1 Å². The van der Waals surface area contributed by atoms with E-state index in [4.69, 9.17) is 20.9 Å². The Kier molecular flexibility index (Phi) is 4.77. The molecule has 0 atom stereocenters. The fraction of sp³-hybridized carbons (Fsp3) is 0.118. The van der Waals surface area contributed by atoms with E-state index in [9.17, 15) is 9.59 Å². The van der Waals surface area contributed by atoms with Crippen LogP contribution < -0.4 is 5.32 Å². The lowest BCUT2D eigenvalue weighted by atomic mass is 10.2. The minimum absolute atomic E-state index is 0.0642. The van der Waals surface area contributed by atoms with Gasteiger partial charge >= 0.3 is 5.97 Å². The molecule has 122 valence electrons. The van der Waals surface area contributed by atoms with Crippen molar-refractivity contribution >= 4 is 40.1 Å². The van der Waals surface area contributed by atoms with Crippen LogP contribution >= 0.6 is 11.6 Å². The summed E-state index contributed by atoms with van der Waals surface area (Å²) in [7, 11) is 0. The number of carbonyl (C=O) groups excluding carboxylic acids is 2. The summed E-state index contributed by atoms with van der Waals surface area (Å²) in [5.74, 6) is -0.990. The smallest absolute Gasteiger partial charge is 0.312 e. The lowest BCUT2D eigenvalue weighted by Gasteiger charge is -2.06. The van der Waals surface area contributed by atoms with E-state index in [2.05, 4.69) is 10.5 Å². The van der Waals surface area contributed by atoms with E-state index < -0.39 is 11.9 Å². The van der Waals surface area contributed by atoms with Crippen LogP contribution in [-0.2, 0) is 20.7 Å². The van der Waals surface area contributed by atoms with Crippen molar-refractivity contribution < 1.29 is 18.8 Å². The maximum Gasteiger partial charge on any atom is 0.312 e. The normalized spacial score (nSPS) is 10.5. The van der Waals surface area contributed by atoms with Gasteiger partial charge in [0.15, 0.2) is 12.2 Å². The molecule has 2 aromatic carbocycles. The van der Waals surface area contributed by atoms with E-state index in [1.165, 1.54) is 0 Å². The van der Waals surface area contributed by atoms with Crippen LogP contribution in [0.3, 0.4) is 0 Å². The van der Waals surface area contributed by atoms with Gasteiger partial charge in [-0.15, -0.1) is 0 Å². The molecule has 0 fully saturated rings. The zero-order chi connectivity index (χ0) is 16.9. The van der Waals surface area contributed by atoms with Crippen molar-refractivity contribution in [1.29, 1.82) is 0 Å². The number of para-hydroxylation sites is 1. The van der Waals surface area contributed by atoms with Crippen molar-refractivity contribution in [2.45, 2.75) is 6.42 Å². The van der Waals surface area contributed by atoms with E-state index in [1.54, 1.807) is 30.3 Å². The second-order valence-corrected chi connectivity index (χ2v) is 5.45. The first-order valence-corrected chi connectivity index (χ1v) is 7.54. The summed E-state index contributed by atoms with van der Waals surface area (Å²) in [5, 5.41) is 7.77. The molecule has 0 bridgehead atoms. The highest BCUT2D eigenvalue weighted by Crippen LogP contribution is 2.18. The first-order valence-electron chi connectivity index (χ1n) is 7.16. The molecule has 0 aliphatic carbocycles. The van der Waals surface area contributed by atoms with Crippen LogP contribution in [-0.4, -0.2) is 23.6 Å². The summed E-state index contributed by atoms with van der Waals surface area (Å²) in [6.45, 7) is -0.378. The molecule has 7 heteroatoms. The predicted octanol–water partition coefficient (Wildman–Crippen LogP) is 3.21. The predicted molar refractivity (Wildman–Crippen MR) is 88.8 cm³/mol. The molecule has 24 heavy (non-hydrogen) atoms. The van der Waals surface area contributed by atoms with Crippen LogP contribution in [0.2, 0.25) is 5.02 Å². The molecule has 1 aromatic heterocycles. The Bertz CT molecular complexity index is 874. The van der Waals surface area contributed by atoms with Gasteiger partial charge in [-0.2, -0.15) is 0 Å². The number of rotatable bonds is 5. The zero-order valence-corrected chi connectivity index (χ0v) is 13.2. The molecule has 1 amide bonds. The van der Waals surface area contributed by atoms with Gasteiger partial charge in [0.05, 0.1) is 6.42 Å². The van der Waals surface area contributed by atoms with Gasteiger partial charge in [-0.05, 0) is 36.4 Å². The number of fused-ring (bicyclic) bond motifs is 1. The second-order valence-electron chi connectivity index (χ2n) is 5.02. The van der Waals surface area contributed by atoms with Crippen molar-refractivity contribution in [2.24, 2.45) is 0 Å². The number of carbonyl (C=O) groups is 2. The molecular weight excluding hydrogens is 332 g/mol. The monoisotopic (exact) mass is 344 g/mol. The third-order valence-electron chi connectivity index (χ3n) is 3.26. The van der Waals surface area contributed by atoms with Crippen molar-refractivity contribution in [3.05, 3.63) is 59.2 Å². The minimum Gasteiger partial charge on any atom is -0.455 e. The first kappa shape index (κ1) is 16.0.